The Bertz CT molecular complexity index is 509. The van der Waals surface area contributed by atoms with Gasteiger partial charge in [0, 0.05) is 0 Å². The summed E-state index contributed by atoms with van der Waals surface area (Å²) < 4.78 is 9.59. The molecule has 116 valence electrons. The van der Waals surface area contributed by atoms with Crippen LogP contribution in [0.3, 0.4) is 0 Å². The number of aliphatic hydroxyl groups excluding tert-OH is 1. The number of phenols is 1. The number of carbonyl (C=O) groups excluding carboxylic acids is 2. The molecule has 0 amide bonds. The van der Waals surface area contributed by atoms with E-state index < -0.39 is 30.3 Å². The van der Waals surface area contributed by atoms with Crippen molar-refractivity contribution in [3.05, 3.63) is 29.8 Å². The molecular formula is C15H20O6. The van der Waals surface area contributed by atoms with Crippen LogP contribution < -0.4 is 0 Å². The normalized spacial score (nSPS) is 12.6. The summed E-state index contributed by atoms with van der Waals surface area (Å²) in [5, 5.41) is 19.0. The maximum absolute atomic E-state index is 11.7. The van der Waals surface area contributed by atoms with Crippen molar-refractivity contribution in [2.24, 2.45) is 5.41 Å². The van der Waals surface area contributed by atoms with Crippen LogP contribution in [0.15, 0.2) is 24.3 Å². The Morgan fingerprint density at radius 2 is 1.90 bits per heavy atom. The van der Waals surface area contributed by atoms with Gasteiger partial charge in [0.2, 0.25) is 6.29 Å². The molecule has 0 saturated heterocycles. The van der Waals surface area contributed by atoms with Gasteiger partial charge in [-0.3, -0.25) is 4.79 Å². The lowest BCUT2D eigenvalue weighted by Crippen LogP contribution is -2.31. The van der Waals surface area contributed by atoms with Gasteiger partial charge < -0.3 is 19.7 Å². The molecule has 1 rings (SSSR count). The Hall–Kier alpha value is -2.08. The highest BCUT2D eigenvalue weighted by Crippen LogP contribution is 2.21. The van der Waals surface area contributed by atoms with Crippen LogP contribution in [0.1, 0.15) is 37.6 Å². The van der Waals surface area contributed by atoms with Gasteiger partial charge >= 0.3 is 11.9 Å². The Balaban J connectivity index is 2.51. The van der Waals surface area contributed by atoms with Crippen molar-refractivity contribution in [2.45, 2.75) is 33.5 Å². The van der Waals surface area contributed by atoms with Gasteiger partial charge in [0.15, 0.2) is 6.61 Å². The molecular weight excluding hydrogens is 276 g/mol. The Morgan fingerprint density at radius 1 is 1.29 bits per heavy atom. The van der Waals surface area contributed by atoms with Gasteiger partial charge in [-0.05, 0) is 32.4 Å². The zero-order valence-electron chi connectivity index (χ0n) is 12.3. The van der Waals surface area contributed by atoms with Gasteiger partial charge in [0.05, 0.1) is 5.41 Å². The van der Waals surface area contributed by atoms with Crippen molar-refractivity contribution in [3.8, 4) is 5.75 Å². The molecule has 6 heteroatoms. The second kappa shape index (κ2) is 7.08. The predicted octanol–water partition coefficient (Wildman–Crippen LogP) is 1.85. The number of phenolic OH excluding ortho intramolecular Hbond substituents is 1. The molecule has 2 N–H and O–H groups in total. The molecule has 0 aliphatic rings. The molecule has 1 aromatic rings. The standard InChI is InChI=1S/C15H20O6/c1-4-15(2,3)14(19)20-9-12(17)21-13(18)10-7-5-6-8-11(10)16/h5-8,12,16-17H,4,9H2,1-3H3. The first-order valence-electron chi connectivity index (χ1n) is 6.62. The molecule has 0 aliphatic heterocycles. The minimum Gasteiger partial charge on any atom is -0.507 e. The van der Waals surface area contributed by atoms with E-state index >= 15 is 0 Å². The summed E-state index contributed by atoms with van der Waals surface area (Å²) in [4.78, 5) is 23.4. The smallest absolute Gasteiger partial charge is 0.344 e. The minimum atomic E-state index is -1.59. The third-order valence-corrected chi connectivity index (χ3v) is 3.16. The SMILES string of the molecule is CCC(C)(C)C(=O)OCC(O)OC(=O)c1ccccc1O. The van der Waals surface area contributed by atoms with E-state index in [1.54, 1.807) is 26.0 Å². The summed E-state index contributed by atoms with van der Waals surface area (Å²) in [6.07, 6.45) is -1.01. The van der Waals surface area contributed by atoms with E-state index in [9.17, 15) is 19.8 Å². The third-order valence-electron chi connectivity index (χ3n) is 3.16. The molecule has 0 aromatic heterocycles. The molecule has 0 fully saturated rings. The van der Waals surface area contributed by atoms with Crippen LogP contribution in [-0.4, -0.2) is 35.0 Å². The maximum Gasteiger partial charge on any atom is 0.344 e. The van der Waals surface area contributed by atoms with Crippen LogP contribution in [0.4, 0.5) is 0 Å². The number of aromatic hydroxyl groups is 1. The number of carbonyl (C=O) groups is 2. The molecule has 0 spiro atoms. The fraction of sp³-hybridized carbons (Fsp3) is 0.467. The molecule has 1 unspecified atom stereocenters. The summed E-state index contributed by atoms with van der Waals surface area (Å²) in [6, 6.07) is 5.78. The maximum atomic E-state index is 11.7. The van der Waals surface area contributed by atoms with Crippen LogP contribution >= 0.6 is 0 Å². The van der Waals surface area contributed by atoms with Crippen molar-refractivity contribution in [1.29, 1.82) is 0 Å². The first-order valence-corrected chi connectivity index (χ1v) is 6.62. The number of rotatable bonds is 6. The van der Waals surface area contributed by atoms with Crippen LogP contribution in [0.2, 0.25) is 0 Å². The minimum absolute atomic E-state index is 0.0724. The van der Waals surface area contributed by atoms with E-state index in [1.165, 1.54) is 12.1 Å². The summed E-state index contributed by atoms with van der Waals surface area (Å²) in [5.74, 6) is -1.63. The number of esters is 2. The zero-order valence-corrected chi connectivity index (χ0v) is 12.3. The van der Waals surface area contributed by atoms with Gasteiger partial charge in [-0.15, -0.1) is 0 Å². The summed E-state index contributed by atoms with van der Waals surface area (Å²) in [6.45, 7) is 4.82. The third kappa shape index (κ3) is 4.75. The highest BCUT2D eigenvalue weighted by molar-refractivity contribution is 5.92. The lowest BCUT2D eigenvalue weighted by Gasteiger charge is -2.21. The van der Waals surface area contributed by atoms with E-state index in [0.717, 1.165) is 0 Å². The molecule has 0 radical (unpaired) electrons. The van der Waals surface area contributed by atoms with Crippen molar-refractivity contribution in [2.75, 3.05) is 6.61 Å². The van der Waals surface area contributed by atoms with Gasteiger partial charge in [0.25, 0.3) is 0 Å². The second-order valence-corrected chi connectivity index (χ2v) is 5.21. The fourth-order valence-electron chi connectivity index (χ4n) is 1.35. The average molecular weight is 296 g/mol. The van der Waals surface area contributed by atoms with Gasteiger partial charge in [-0.25, -0.2) is 4.79 Å². The molecule has 21 heavy (non-hydrogen) atoms. The van der Waals surface area contributed by atoms with Gasteiger partial charge in [-0.2, -0.15) is 0 Å². The molecule has 0 bridgehead atoms. The number of aliphatic hydroxyl groups is 1. The van der Waals surface area contributed by atoms with Crippen LogP contribution in [-0.2, 0) is 14.3 Å². The Morgan fingerprint density at radius 3 is 2.48 bits per heavy atom. The van der Waals surface area contributed by atoms with Crippen molar-refractivity contribution in [1.82, 2.24) is 0 Å². The molecule has 0 saturated carbocycles. The molecule has 6 nitrogen and oxygen atoms in total. The fourth-order valence-corrected chi connectivity index (χ4v) is 1.35. The van der Waals surface area contributed by atoms with Crippen molar-refractivity contribution >= 4 is 11.9 Å². The Kier molecular flexibility index (Phi) is 5.72. The van der Waals surface area contributed by atoms with E-state index in [4.69, 9.17) is 9.47 Å². The first-order chi connectivity index (χ1) is 9.77. The number of para-hydroxylation sites is 1. The zero-order chi connectivity index (χ0) is 16.0. The van der Waals surface area contributed by atoms with Gasteiger partial charge in [-0.1, -0.05) is 19.1 Å². The van der Waals surface area contributed by atoms with E-state index in [2.05, 4.69) is 0 Å². The average Bonchev–Trinajstić information content (AvgIpc) is 2.44. The summed E-state index contributed by atoms with van der Waals surface area (Å²) in [7, 11) is 0. The Labute approximate surface area is 123 Å². The van der Waals surface area contributed by atoms with Crippen LogP contribution in [0, 0.1) is 5.41 Å². The molecule has 0 heterocycles. The molecule has 0 aliphatic carbocycles. The van der Waals surface area contributed by atoms with Crippen LogP contribution in [0.5, 0.6) is 5.75 Å². The van der Waals surface area contributed by atoms with E-state index in [-0.39, 0.29) is 11.3 Å². The molecule has 1 aromatic carbocycles. The lowest BCUT2D eigenvalue weighted by molar-refractivity contribution is -0.166. The molecule has 1 atom stereocenters. The lowest BCUT2D eigenvalue weighted by atomic mass is 9.91. The number of ether oxygens (including phenoxy) is 2. The number of benzene rings is 1. The van der Waals surface area contributed by atoms with E-state index in [0.29, 0.717) is 6.42 Å². The summed E-state index contributed by atoms with van der Waals surface area (Å²) in [5.41, 5.74) is -0.738. The van der Waals surface area contributed by atoms with Crippen molar-refractivity contribution in [3.63, 3.8) is 0 Å². The van der Waals surface area contributed by atoms with Crippen LogP contribution in [0.25, 0.3) is 0 Å². The second-order valence-electron chi connectivity index (χ2n) is 5.21. The van der Waals surface area contributed by atoms with Crippen molar-refractivity contribution < 1.29 is 29.3 Å². The first kappa shape index (κ1) is 17.0. The monoisotopic (exact) mass is 296 g/mol. The quantitative estimate of drug-likeness (QED) is 0.614. The van der Waals surface area contributed by atoms with E-state index in [1.807, 2.05) is 6.92 Å². The summed E-state index contributed by atoms with van der Waals surface area (Å²) >= 11 is 0. The predicted molar refractivity (Wildman–Crippen MR) is 74.6 cm³/mol. The highest BCUT2D eigenvalue weighted by atomic mass is 16.7. The van der Waals surface area contributed by atoms with Gasteiger partial charge in [0.1, 0.15) is 11.3 Å². The topological polar surface area (TPSA) is 93.1 Å². The number of hydrogen-bond donors (Lipinski definition) is 2. The number of hydrogen-bond acceptors (Lipinski definition) is 6. The highest BCUT2D eigenvalue weighted by Gasteiger charge is 2.28. The largest absolute Gasteiger partial charge is 0.507 e.